The molecule has 6 heteroatoms. The molecule has 2 aromatic heterocycles. The molecule has 0 saturated heterocycles. The van der Waals surface area contributed by atoms with Gasteiger partial charge in [-0.1, -0.05) is 35.5 Å². The molecule has 96 valence electrons. The Morgan fingerprint density at radius 2 is 1.95 bits per heavy atom. The summed E-state index contributed by atoms with van der Waals surface area (Å²) in [5, 5.41) is 3.54. The number of rotatable bonds is 3. The SMILES string of the molecule is ClC(c1ccccc1)c1nc(-c2ccc(Br)s2)no1. The van der Waals surface area contributed by atoms with Crippen LogP contribution < -0.4 is 0 Å². The molecule has 3 aromatic rings. The molecule has 1 unspecified atom stereocenters. The molecule has 0 bridgehead atoms. The lowest BCUT2D eigenvalue weighted by Crippen LogP contribution is -1.92. The number of alkyl halides is 1. The summed E-state index contributed by atoms with van der Waals surface area (Å²) in [6, 6.07) is 13.6. The fraction of sp³-hybridized carbons (Fsp3) is 0.0769. The summed E-state index contributed by atoms with van der Waals surface area (Å²) in [6.07, 6.45) is 0. The zero-order chi connectivity index (χ0) is 13.2. The van der Waals surface area contributed by atoms with Crippen LogP contribution >= 0.6 is 38.9 Å². The Bertz CT molecular complexity index is 683. The van der Waals surface area contributed by atoms with Gasteiger partial charge in [0.25, 0.3) is 0 Å². The fourth-order valence-electron chi connectivity index (χ4n) is 1.64. The number of benzene rings is 1. The first kappa shape index (κ1) is 12.8. The predicted molar refractivity (Wildman–Crippen MR) is 79.4 cm³/mol. The molecule has 0 saturated carbocycles. The summed E-state index contributed by atoms with van der Waals surface area (Å²) in [5.41, 5.74) is 0.937. The van der Waals surface area contributed by atoms with Crippen LogP contribution in [0, 0.1) is 0 Å². The van der Waals surface area contributed by atoms with Gasteiger partial charge in [0.15, 0.2) is 0 Å². The van der Waals surface area contributed by atoms with Crippen molar-refractivity contribution in [3.05, 3.63) is 57.7 Å². The normalized spacial score (nSPS) is 12.5. The smallest absolute Gasteiger partial charge is 0.249 e. The predicted octanol–water partition coefficient (Wildman–Crippen LogP) is 4.89. The van der Waals surface area contributed by atoms with Crippen molar-refractivity contribution in [2.45, 2.75) is 5.38 Å². The molecule has 2 heterocycles. The molecular weight excluding hydrogens is 348 g/mol. The molecule has 0 radical (unpaired) electrons. The highest BCUT2D eigenvalue weighted by atomic mass is 79.9. The number of nitrogens with zero attached hydrogens (tertiary/aromatic N) is 2. The quantitative estimate of drug-likeness (QED) is 0.628. The molecule has 19 heavy (non-hydrogen) atoms. The molecule has 1 aromatic carbocycles. The number of hydrogen-bond donors (Lipinski definition) is 0. The Hall–Kier alpha value is -1.17. The minimum Gasteiger partial charge on any atom is -0.337 e. The Kier molecular flexibility index (Phi) is 3.68. The van der Waals surface area contributed by atoms with Gasteiger partial charge in [-0.25, -0.2) is 0 Å². The van der Waals surface area contributed by atoms with E-state index in [2.05, 4.69) is 26.1 Å². The van der Waals surface area contributed by atoms with Gasteiger partial charge in [-0.3, -0.25) is 0 Å². The van der Waals surface area contributed by atoms with Crippen LogP contribution in [0.4, 0.5) is 0 Å². The van der Waals surface area contributed by atoms with Crippen LogP contribution in [-0.2, 0) is 0 Å². The Labute approximate surface area is 127 Å². The van der Waals surface area contributed by atoms with Crippen LogP contribution in [0.5, 0.6) is 0 Å². The van der Waals surface area contributed by atoms with Crippen molar-refractivity contribution in [3.8, 4) is 10.7 Å². The summed E-state index contributed by atoms with van der Waals surface area (Å²) in [6.45, 7) is 0. The largest absolute Gasteiger partial charge is 0.337 e. The zero-order valence-corrected chi connectivity index (χ0v) is 12.7. The Balaban J connectivity index is 1.89. The molecule has 3 nitrogen and oxygen atoms in total. The van der Waals surface area contributed by atoms with Crippen molar-refractivity contribution in [2.24, 2.45) is 0 Å². The molecule has 1 atom stereocenters. The van der Waals surface area contributed by atoms with Gasteiger partial charge in [0.2, 0.25) is 11.7 Å². The summed E-state index contributed by atoms with van der Waals surface area (Å²) in [5.74, 6) is 0.972. The topological polar surface area (TPSA) is 38.9 Å². The van der Waals surface area contributed by atoms with Crippen LogP contribution in [0.3, 0.4) is 0 Å². The number of aromatic nitrogens is 2. The highest BCUT2D eigenvalue weighted by Crippen LogP contribution is 2.32. The third-order valence-corrected chi connectivity index (χ3v) is 4.60. The molecule has 3 rings (SSSR count). The van der Waals surface area contributed by atoms with E-state index >= 15 is 0 Å². The Morgan fingerprint density at radius 1 is 1.16 bits per heavy atom. The first-order valence-corrected chi connectivity index (χ1v) is 7.57. The summed E-state index contributed by atoms with van der Waals surface area (Å²) >= 11 is 11.3. The van der Waals surface area contributed by atoms with Crippen LogP contribution in [0.2, 0.25) is 0 Å². The molecule has 0 fully saturated rings. The van der Waals surface area contributed by atoms with E-state index < -0.39 is 5.38 Å². The van der Waals surface area contributed by atoms with Gasteiger partial charge in [0.05, 0.1) is 8.66 Å². The maximum absolute atomic E-state index is 6.34. The lowest BCUT2D eigenvalue weighted by atomic mass is 10.1. The van der Waals surface area contributed by atoms with E-state index in [1.165, 1.54) is 0 Å². The minimum absolute atomic E-state index is 0.410. The minimum atomic E-state index is -0.425. The summed E-state index contributed by atoms with van der Waals surface area (Å²) in [4.78, 5) is 5.29. The molecule has 0 aliphatic rings. The first-order valence-electron chi connectivity index (χ1n) is 5.52. The monoisotopic (exact) mass is 354 g/mol. The van der Waals surface area contributed by atoms with Crippen molar-refractivity contribution >= 4 is 38.9 Å². The van der Waals surface area contributed by atoms with Crippen molar-refractivity contribution in [1.82, 2.24) is 10.1 Å². The van der Waals surface area contributed by atoms with Gasteiger partial charge in [0, 0.05) is 0 Å². The third kappa shape index (κ3) is 2.73. The fourth-order valence-corrected chi connectivity index (χ4v) is 3.18. The van der Waals surface area contributed by atoms with E-state index in [1.54, 1.807) is 11.3 Å². The second-order valence-electron chi connectivity index (χ2n) is 3.83. The highest BCUT2D eigenvalue weighted by Gasteiger charge is 2.19. The molecule has 0 aliphatic heterocycles. The van der Waals surface area contributed by atoms with Gasteiger partial charge in [0.1, 0.15) is 5.38 Å². The number of halogens is 2. The molecular formula is C13H8BrClN2OS. The number of thiophene rings is 1. The van der Waals surface area contributed by atoms with Crippen molar-refractivity contribution in [2.75, 3.05) is 0 Å². The van der Waals surface area contributed by atoms with Crippen LogP contribution in [-0.4, -0.2) is 10.1 Å². The van der Waals surface area contributed by atoms with Gasteiger partial charge in [-0.15, -0.1) is 22.9 Å². The maximum atomic E-state index is 6.34. The van der Waals surface area contributed by atoms with Crippen molar-refractivity contribution in [1.29, 1.82) is 0 Å². The van der Waals surface area contributed by atoms with E-state index in [0.29, 0.717) is 11.7 Å². The average molecular weight is 356 g/mol. The lowest BCUT2D eigenvalue weighted by Gasteiger charge is -2.03. The first-order chi connectivity index (χ1) is 9.24. The van der Waals surface area contributed by atoms with E-state index in [9.17, 15) is 0 Å². The highest BCUT2D eigenvalue weighted by molar-refractivity contribution is 9.11. The van der Waals surface area contributed by atoms with Gasteiger partial charge in [-0.05, 0) is 33.6 Å². The molecule has 0 amide bonds. The van der Waals surface area contributed by atoms with Crippen LogP contribution in [0.15, 0.2) is 50.8 Å². The molecule has 0 N–H and O–H groups in total. The van der Waals surface area contributed by atoms with Crippen LogP contribution in [0.1, 0.15) is 16.8 Å². The van der Waals surface area contributed by atoms with E-state index in [-0.39, 0.29) is 0 Å². The molecule has 0 aliphatic carbocycles. The lowest BCUT2D eigenvalue weighted by molar-refractivity contribution is 0.383. The van der Waals surface area contributed by atoms with E-state index in [4.69, 9.17) is 16.1 Å². The van der Waals surface area contributed by atoms with E-state index in [0.717, 1.165) is 14.2 Å². The third-order valence-electron chi connectivity index (χ3n) is 2.54. The number of hydrogen-bond acceptors (Lipinski definition) is 4. The summed E-state index contributed by atoms with van der Waals surface area (Å²) in [7, 11) is 0. The second-order valence-corrected chi connectivity index (χ2v) is 6.73. The van der Waals surface area contributed by atoms with Crippen molar-refractivity contribution in [3.63, 3.8) is 0 Å². The summed E-state index contributed by atoms with van der Waals surface area (Å²) < 4.78 is 6.27. The van der Waals surface area contributed by atoms with Gasteiger partial charge in [-0.2, -0.15) is 4.98 Å². The van der Waals surface area contributed by atoms with E-state index in [1.807, 2.05) is 42.5 Å². The zero-order valence-electron chi connectivity index (χ0n) is 9.59. The Morgan fingerprint density at radius 3 is 2.63 bits per heavy atom. The van der Waals surface area contributed by atoms with Crippen LogP contribution in [0.25, 0.3) is 10.7 Å². The second kappa shape index (κ2) is 5.45. The molecule has 0 spiro atoms. The maximum Gasteiger partial charge on any atom is 0.249 e. The van der Waals surface area contributed by atoms with Gasteiger partial charge < -0.3 is 4.52 Å². The van der Waals surface area contributed by atoms with Gasteiger partial charge >= 0.3 is 0 Å². The standard InChI is InChI=1S/C13H8BrClN2OS/c14-10-7-6-9(19-10)12-16-13(18-17-12)11(15)8-4-2-1-3-5-8/h1-7,11H. The average Bonchev–Trinajstić information content (AvgIpc) is 3.07. The van der Waals surface area contributed by atoms with Crippen molar-refractivity contribution < 1.29 is 4.52 Å².